The molecule has 6 N–H and O–H groups in total. The van der Waals surface area contributed by atoms with E-state index in [0.29, 0.717) is 12.8 Å². The third-order valence-corrected chi connectivity index (χ3v) is 4.96. The Balaban J connectivity index is 2.01. The van der Waals surface area contributed by atoms with Crippen LogP contribution in [0.3, 0.4) is 0 Å². The second-order valence-corrected chi connectivity index (χ2v) is 6.87. The van der Waals surface area contributed by atoms with Crippen molar-refractivity contribution in [2.75, 3.05) is 6.67 Å². The van der Waals surface area contributed by atoms with Gasteiger partial charge in [0.1, 0.15) is 12.8 Å². The van der Waals surface area contributed by atoms with Crippen molar-refractivity contribution in [3.05, 3.63) is 0 Å². The monoisotopic (exact) mass is 320 g/mol. The van der Waals surface area contributed by atoms with Gasteiger partial charge >= 0.3 is 0 Å². The van der Waals surface area contributed by atoms with Crippen molar-refractivity contribution in [3.8, 4) is 0 Å². The molecule has 1 aliphatic carbocycles. The fraction of sp³-hybridized carbons (Fsp3) is 1.00. The summed E-state index contributed by atoms with van der Waals surface area (Å²) >= 11 is 0. The van der Waals surface area contributed by atoms with Gasteiger partial charge in [0.25, 0.3) is 0 Å². The Morgan fingerprint density at radius 2 is 1.91 bits per heavy atom. The van der Waals surface area contributed by atoms with E-state index in [1.807, 2.05) is 13.8 Å². The third-order valence-electron chi connectivity index (χ3n) is 4.96. The van der Waals surface area contributed by atoms with Crippen molar-refractivity contribution in [1.29, 1.82) is 0 Å². The van der Waals surface area contributed by atoms with Crippen LogP contribution in [0.1, 0.15) is 33.1 Å². The smallest absolute Gasteiger partial charge is 0.173 e. The van der Waals surface area contributed by atoms with Gasteiger partial charge in [0.05, 0.1) is 30.4 Å². The lowest BCUT2D eigenvalue weighted by Crippen LogP contribution is -2.57. The maximum Gasteiger partial charge on any atom is 0.173 e. The van der Waals surface area contributed by atoms with E-state index in [1.54, 1.807) is 0 Å². The average molecular weight is 320 g/mol. The Morgan fingerprint density at radius 3 is 2.55 bits per heavy atom. The molecule has 1 saturated carbocycles. The van der Waals surface area contributed by atoms with Crippen LogP contribution >= 0.6 is 0 Å². The van der Waals surface area contributed by atoms with E-state index in [4.69, 9.17) is 20.9 Å². The topological polar surface area (TPSA) is 111 Å². The molecule has 1 heterocycles. The molecule has 0 radical (unpaired) electrons. The summed E-state index contributed by atoms with van der Waals surface area (Å²) in [4.78, 5) is 0. The van der Waals surface area contributed by atoms with Gasteiger partial charge in [-0.3, -0.25) is 0 Å². The average Bonchev–Trinajstić information content (AvgIpc) is 2.50. The molecule has 7 heteroatoms. The Hall–Kier alpha value is -0.310. The fourth-order valence-corrected chi connectivity index (χ4v) is 3.48. The van der Waals surface area contributed by atoms with Crippen LogP contribution in [-0.2, 0) is 9.47 Å². The third kappa shape index (κ3) is 3.77. The van der Waals surface area contributed by atoms with Crippen molar-refractivity contribution in [1.82, 2.24) is 0 Å². The first kappa shape index (κ1) is 18.0. The first-order valence-corrected chi connectivity index (χ1v) is 8.09. The van der Waals surface area contributed by atoms with Gasteiger partial charge in [-0.2, -0.15) is 0 Å². The highest BCUT2D eigenvalue weighted by Crippen LogP contribution is 2.34. The highest BCUT2D eigenvalue weighted by molar-refractivity contribution is 4.92. The molecule has 0 spiro atoms. The van der Waals surface area contributed by atoms with Gasteiger partial charge in [-0.05, 0) is 31.1 Å². The molecule has 0 amide bonds. The van der Waals surface area contributed by atoms with Crippen molar-refractivity contribution >= 4 is 0 Å². The van der Waals surface area contributed by atoms with Gasteiger partial charge in [0.15, 0.2) is 6.29 Å². The van der Waals surface area contributed by atoms with E-state index < -0.39 is 43.4 Å². The van der Waals surface area contributed by atoms with Crippen LogP contribution in [0.15, 0.2) is 0 Å². The second-order valence-electron chi connectivity index (χ2n) is 6.87. The second kappa shape index (κ2) is 7.51. The molecule has 6 nitrogen and oxygen atoms in total. The normalized spacial score (nSPS) is 48.1. The summed E-state index contributed by atoms with van der Waals surface area (Å²) in [5, 5.41) is 20.3. The van der Waals surface area contributed by atoms with Crippen molar-refractivity contribution in [2.45, 2.75) is 75.9 Å². The maximum absolute atomic E-state index is 12.7. The molecule has 130 valence electrons. The maximum atomic E-state index is 12.7. The lowest BCUT2D eigenvalue weighted by molar-refractivity contribution is -0.265. The molecule has 2 rings (SSSR count). The first-order valence-electron chi connectivity index (χ1n) is 8.09. The number of hydrogen-bond donors (Lipinski definition) is 4. The van der Waals surface area contributed by atoms with Crippen molar-refractivity contribution in [2.24, 2.45) is 23.3 Å². The summed E-state index contributed by atoms with van der Waals surface area (Å²) in [6, 6.07) is -1.04. The van der Waals surface area contributed by atoms with E-state index in [9.17, 15) is 14.6 Å². The molecular formula is C15H29FN2O4. The van der Waals surface area contributed by atoms with E-state index >= 15 is 0 Å². The molecule has 9 unspecified atom stereocenters. The van der Waals surface area contributed by atoms with Crippen LogP contribution in [-0.4, -0.2) is 59.7 Å². The Kier molecular flexibility index (Phi) is 6.15. The Bertz CT molecular complexity index is 362. The number of rotatable bonds is 4. The number of ether oxygens (including phenoxy) is 2. The fourth-order valence-electron chi connectivity index (χ4n) is 3.48. The Morgan fingerprint density at radius 1 is 1.23 bits per heavy atom. The molecule has 1 saturated heterocycles. The summed E-state index contributed by atoms with van der Waals surface area (Å²) in [6.45, 7) is 3.21. The van der Waals surface area contributed by atoms with Gasteiger partial charge in [-0.1, -0.05) is 13.8 Å². The van der Waals surface area contributed by atoms with Gasteiger partial charge in [0.2, 0.25) is 0 Å². The summed E-state index contributed by atoms with van der Waals surface area (Å²) in [6.07, 6.45) is -1.57. The largest absolute Gasteiger partial charge is 0.390 e. The standard InChI is InChI=1S/C15H29FN2O4/c1-7-5-8(2)14(13(20)12(7)19)22-15-9(17)3-4-11(21-15)10(18)6-16/h7-15,19-20H,3-6,17-18H2,1-2H3. The lowest BCUT2D eigenvalue weighted by atomic mass is 9.77. The van der Waals surface area contributed by atoms with Crippen LogP contribution in [0, 0.1) is 11.8 Å². The SMILES string of the molecule is CC1CC(C)C(OC2OC(C(N)CF)CCC2N)C(O)C1O. The number of nitrogens with two attached hydrogens (primary N) is 2. The lowest BCUT2D eigenvalue weighted by Gasteiger charge is -2.44. The van der Waals surface area contributed by atoms with Crippen molar-refractivity contribution in [3.63, 3.8) is 0 Å². The number of halogens is 1. The molecule has 0 aromatic heterocycles. The van der Waals surface area contributed by atoms with Crippen LogP contribution in [0.2, 0.25) is 0 Å². The zero-order valence-corrected chi connectivity index (χ0v) is 13.3. The predicted octanol–water partition coefficient (Wildman–Crippen LogP) is -0.101. The predicted molar refractivity (Wildman–Crippen MR) is 79.7 cm³/mol. The van der Waals surface area contributed by atoms with E-state index in [1.165, 1.54) is 0 Å². The summed E-state index contributed by atoms with van der Waals surface area (Å²) in [5.74, 6) is 0.0814. The summed E-state index contributed by atoms with van der Waals surface area (Å²) < 4.78 is 24.3. The highest BCUT2D eigenvalue weighted by atomic mass is 19.1. The zero-order chi connectivity index (χ0) is 16.4. The zero-order valence-electron chi connectivity index (χ0n) is 13.3. The van der Waals surface area contributed by atoms with E-state index in [2.05, 4.69) is 0 Å². The van der Waals surface area contributed by atoms with Crippen molar-refractivity contribution < 1.29 is 24.1 Å². The van der Waals surface area contributed by atoms with Gasteiger partial charge in [0, 0.05) is 0 Å². The molecule has 2 aliphatic rings. The van der Waals surface area contributed by atoms with Gasteiger partial charge in [-0.15, -0.1) is 0 Å². The minimum Gasteiger partial charge on any atom is -0.390 e. The molecule has 22 heavy (non-hydrogen) atoms. The van der Waals surface area contributed by atoms with E-state index in [-0.39, 0.29) is 17.9 Å². The molecule has 9 atom stereocenters. The van der Waals surface area contributed by atoms with Crippen LogP contribution in [0.25, 0.3) is 0 Å². The molecule has 2 fully saturated rings. The molecule has 0 aromatic rings. The summed E-state index contributed by atoms with van der Waals surface area (Å²) in [5.41, 5.74) is 11.7. The van der Waals surface area contributed by atoms with E-state index in [0.717, 1.165) is 6.42 Å². The number of aliphatic hydroxyl groups excluding tert-OH is 2. The number of alkyl halides is 1. The van der Waals surface area contributed by atoms with Crippen LogP contribution in [0.5, 0.6) is 0 Å². The van der Waals surface area contributed by atoms with Gasteiger partial charge in [-0.25, -0.2) is 4.39 Å². The number of hydrogen-bond acceptors (Lipinski definition) is 6. The van der Waals surface area contributed by atoms with Gasteiger partial charge < -0.3 is 31.2 Å². The number of aliphatic hydroxyl groups is 2. The molecule has 1 aliphatic heterocycles. The minimum atomic E-state index is -0.982. The quantitative estimate of drug-likeness (QED) is 0.576. The van der Waals surface area contributed by atoms with Crippen LogP contribution < -0.4 is 11.5 Å². The minimum absolute atomic E-state index is 0.0125. The highest BCUT2D eigenvalue weighted by Gasteiger charge is 2.43. The first-order chi connectivity index (χ1) is 10.3. The molecule has 0 aromatic carbocycles. The summed E-state index contributed by atoms with van der Waals surface area (Å²) in [7, 11) is 0. The Labute approximate surface area is 130 Å². The molecular weight excluding hydrogens is 291 g/mol. The van der Waals surface area contributed by atoms with Crippen LogP contribution in [0.4, 0.5) is 4.39 Å². The molecule has 0 bridgehead atoms.